The van der Waals surface area contributed by atoms with Crippen LogP contribution in [0.4, 0.5) is 0 Å². The molecule has 0 amide bonds. The van der Waals surface area contributed by atoms with Gasteiger partial charge >= 0.3 is 0 Å². The summed E-state index contributed by atoms with van der Waals surface area (Å²) in [5, 5.41) is 12.8. The van der Waals surface area contributed by atoms with Gasteiger partial charge in [-0.25, -0.2) is 0 Å². The molecule has 4 heteroatoms. The zero-order valence-corrected chi connectivity index (χ0v) is 8.53. The van der Waals surface area contributed by atoms with Crippen molar-refractivity contribution in [3.05, 3.63) is 15.5 Å². The average molecular weight is 261 g/mol. The van der Waals surface area contributed by atoms with Crippen molar-refractivity contribution >= 4 is 22.6 Å². The van der Waals surface area contributed by atoms with Gasteiger partial charge in [0.2, 0.25) is 0 Å². The molecule has 0 spiro atoms. The maximum Gasteiger partial charge on any atom is 0.152 e. The number of nitriles is 1. The first-order chi connectivity index (χ1) is 5.16. The van der Waals surface area contributed by atoms with Gasteiger partial charge in [0.1, 0.15) is 6.07 Å². The van der Waals surface area contributed by atoms with Gasteiger partial charge in [0, 0.05) is 6.04 Å². The summed E-state index contributed by atoms with van der Waals surface area (Å²) in [5.74, 6) is 0. The van der Waals surface area contributed by atoms with Crippen molar-refractivity contribution in [3.8, 4) is 6.07 Å². The minimum Gasteiger partial charge on any atom is -0.251 e. The van der Waals surface area contributed by atoms with Crippen LogP contribution in [0.5, 0.6) is 0 Å². The molecule has 0 aromatic carbocycles. The van der Waals surface area contributed by atoms with Crippen LogP contribution in [-0.4, -0.2) is 9.78 Å². The fourth-order valence-corrected chi connectivity index (χ4v) is 1.33. The zero-order valence-electron chi connectivity index (χ0n) is 6.37. The Kier molecular flexibility index (Phi) is 2.49. The molecule has 0 saturated heterocycles. The molecule has 0 aliphatic rings. The summed E-state index contributed by atoms with van der Waals surface area (Å²) in [4.78, 5) is 0. The Morgan fingerprint density at radius 1 is 1.73 bits per heavy atom. The predicted molar refractivity (Wildman–Crippen MR) is 50.0 cm³/mol. The Bertz CT molecular complexity index is 295. The Morgan fingerprint density at radius 2 is 2.36 bits per heavy atom. The summed E-state index contributed by atoms with van der Waals surface area (Å²) < 4.78 is 2.64. The summed E-state index contributed by atoms with van der Waals surface area (Å²) in [6, 6.07) is 2.38. The second-order valence-electron chi connectivity index (χ2n) is 2.49. The highest BCUT2D eigenvalue weighted by molar-refractivity contribution is 14.1. The topological polar surface area (TPSA) is 41.6 Å². The van der Waals surface area contributed by atoms with E-state index in [2.05, 4.69) is 33.8 Å². The zero-order chi connectivity index (χ0) is 8.43. The van der Waals surface area contributed by atoms with Gasteiger partial charge in [-0.2, -0.15) is 10.4 Å². The fourth-order valence-electron chi connectivity index (χ4n) is 0.837. The van der Waals surface area contributed by atoms with Gasteiger partial charge in [0.25, 0.3) is 0 Å². The van der Waals surface area contributed by atoms with Gasteiger partial charge in [0.15, 0.2) is 5.69 Å². The largest absolute Gasteiger partial charge is 0.251 e. The van der Waals surface area contributed by atoms with E-state index in [4.69, 9.17) is 5.26 Å². The smallest absolute Gasteiger partial charge is 0.152 e. The van der Waals surface area contributed by atoms with Gasteiger partial charge < -0.3 is 0 Å². The third kappa shape index (κ3) is 1.53. The number of rotatable bonds is 1. The van der Waals surface area contributed by atoms with E-state index in [0.29, 0.717) is 5.69 Å². The summed E-state index contributed by atoms with van der Waals surface area (Å²) in [6.07, 6.45) is 1.71. The molecular weight excluding hydrogens is 253 g/mol. The van der Waals surface area contributed by atoms with Crippen LogP contribution in [0.1, 0.15) is 25.6 Å². The molecule has 3 nitrogen and oxygen atoms in total. The number of hydrogen-bond donors (Lipinski definition) is 0. The van der Waals surface area contributed by atoms with Crippen LogP contribution < -0.4 is 0 Å². The summed E-state index contributed by atoms with van der Waals surface area (Å²) >= 11 is 2.11. The first-order valence-corrected chi connectivity index (χ1v) is 4.37. The SMILES string of the molecule is CC(C)n1ncc(I)c1C#N. The van der Waals surface area contributed by atoms with Crippen LogP contribution in [0.3, 0.4) is 0 Å². The van der Waals surface area contributed by atoms with E-state index in [1.54, 1.807) is 10.9 Å². The Hall–Kier alpha value is -0.570. The van der Waals surface area contributed by atoms with E-state index >= 15 is 0 Å². The van der Waals surface area contributed by atoms with Gasteiger partial charge in [-0.1, -0.05) is 0 Å². The molecule has 0 unspecified atom stereocenters. The molecule has 1 aromatic heterocycles. The molecule has 0 bridgehead atoms. The monoisotopic (exact) mass is 261 g/mol. The molecule has 0 fully saturated rings. The lowest BCUT2D eigenvalue weighted by molar-refractivity contribution is 0.526. The van der Waals surface area contributed by atoms with E-state index in [-0.39, 0.29) is 6.04 Å². The lowest BCUT2D eigenvalue weighted by atomic mass is 10.4. The normalized spacial score (nSPS) is 10.1. The highest BCUT2D eigenvalue weighted by atomic mass is 127. The molecule has 0 radical (unpaired) electrons. The quantitative estimate of drug-likeness (QED) is 0.725. The van der Waals surface area contributed by atoms with Crippen LogP contribution in [0.15, 0.2) is 6.20 Å². The maximum atomic E-state index is 8.72. The van der Waals surface area contributed by atoms with Crippen LogP contribution >= 0.6 is 22.6 Å². The molecule has 1 rings (SSSR count). The van der Waals surface area contributed by atoms with Crippen LogP contribution in [0.25, 0.3) is 0 Å². The molecular formula is C7H8IN3. The second-order valence-corrected chi connectivity index (χ2v) is 3.65. The fraction of sp³-hybridized carbons (Fsp3) is 0.429. The van der Waals surface area contributed by atoms with Gasteiger partial charge in [-0.05, 0) is 36.4 Å². The van der Waals surface area contributed by atoms with Gasteiger partial charge in [0.05, 0.1) is 9.77 Å². The van der Waals surface area contributed by atoms with Crippen LogP contribution in [0.2, 0.25) is 0 Å². The van der Waals surface area contributed by atoms with Gasteiger partial charge in [-0.3, -0.25) is 4.68 Å². The van der Waals surface area contributed by atoms with E-state index < -0.39 is 0 Å². The first-order valence-electron chi connectivity index (χ1n) is 3.30. The number of nitrogens with zero attached hydrogens (tertiary/aromatic N) is 3. The molecule has 1 heterocycles. The summed E-state index contributed by atoms with van der Waals surface area (Å²) in [7, 11) is 0. The number of halogens is 1. The predicted octanol–water partition coefficient (Wildman–Crippen LogP) is 1.94. The van der Waals surface area contributed by atoms with Crippen molar-refractivity contribution in [3.63, 3.8) is 0 Å². The minimum absolute atomic E-state index is 0.258. The average Bonchev–Trinajstić information content (AvgIpc) is 2.30. The van der Waals surface area contributed by atoms with Crippen LogP contribution in [-0.2, 0) is 0 Å². The maximum absolute atomic E-state index is 8.72. The molecule has 11 heavy (non-hydrogen) atoms. The molecule has 0 aliphatic carbocycles. The Balaban J connectivity index is 3.19. The number of hydrogen-bond acceptors (Lipinski definition) is 2. The van der Waals surface area contributed by atoms with E-state index in [1.165, 1.54) is 0 Å². The molecule has 0 atom stereocenters. The van der Waals surface area contributed by atoms with Crippen molar-refractivity contribution in [1.82, 2.24) is 9.78 Å². The standard InChI is InChI=1S/C7H8IN3/c1-5(2)11-7(3-9)6(8)4-10-11/h4-5H,1-2H3. The summed E-state index contributed by atoms with van der Waals surface area (Å²) in [6.45, 7) is 4.01. The third-order valence-electron chi connectivity index (χ3n) is 1.35. The van der Waals surface area contributed by atoms with Gasteiger partial charge in [-0.15, -0.1) is 0 Å². The molecule has 0 saturated carbocycles. The van der Waals surface area contributed by atoms with Crippen molar-refractivity contribution in [2.75, 3.05) is 0 Å². The lowest BCUT2D eigenvalue weighted by Crippen LogP contribution is -2.05. The first kappa shape index (κ1) is 8.53. The number of aromatic nitrogens is 2. The molecule has 58 valence electrons. The Morgan fingerprint density at radius 3 is 2.73 bits per heavy atom. The molecule has 1 aromatic rings. The second kappa shape index (κ2) is 3.22. The highest BCUT2D eigenvalue weighted by Gasteiger charge is 2.09. The molecule has 0 aliphatic heterocycles. The van der Waals surface area contributed by atoms with Crippen molar-refractivity contribution in [2.24, 2.45) is 0 Å². The van der Waals surface area contributed by atoms with E-state index in [9.17, 15) is 0 Å². The molecule has 0 N–H and O–H groups in total. The van der Waals surface area contributed by atoms with E-state index in [0.717, 1.165) is 3.57 Å². The minimum atomic E-state index is 0.258. The third-order valence-corrected chi connectivity index (χ3v) is 2.14. The van der Waals surface area contributed by atoms with Crippen molar-refractivity contribution < 1.29 is 0 Å². The summed E-state index contributed by atoms with van der Waals surface area (Å²) in [5.41, 5.74) is 0.653. The van der Waals surface area contributed by atoms with Crippen molar-refractivity contribution in [2.45, 2.75) is 19.9 Å². The van der Waals surface area contributed by atoms with Crippen LogP contribution in [0, 0.1) is 14.9 Å². The van der Waals surface area contributed by atoms with E-state index in [1.807, 2.05) is 13.8 Å². The lowest BCUT2D eigenvalue weighted by Gasteiger charge is -2.05. The highest BCUT2D eigenvalue weighted by Crippen LogP contribution is 2.14. The van der Waals surface area contributed by atoms with Crippen molar-refractivity contribution in [1.29, 1.82) is 5.26 Å². The Labute approximate surface area is 79.2 Å².